The highest BCUT2D eigenvalue weighted by molar-refractivity contribution is 6.31. The Labute approximate surface area is 129 Å². The molecule has 0 aliphatic rings. The summed E-state index contributed by atoms with van der Waals surface area (Å²) >= 11 is 5.92. The van der Waals surface area contributed by atoms with E-state index in [4.69, 9.17) is 11.6 Å². The predicted molar refractivity (Wildman–Crippen MR) is 82.4 cm³/mol. The summed E-state index contributed by atoms with van der Waals surface area (Å²) in [5, 5.41) is 3.96. The third kappa shape index (κ3) is 2.55. The Morgan fingerprint density at radius 1 is 1.14 bits per heavy atom. The molecule has 2 aromatic carbocycles. The lowest BCUT2D eigenvalue weighted by atomic mass is 10.1. The molecule has 2 N–H and O–H groups in total. The van der Waals surface area contributed by atoms with Crippen molar-refractivity contribution in [1.82, 2.24) is 4.98 Å². The van der Waals surface area contributed by atoms with E-state index in [0.29, 0.717) is 10.7 Å². The van der Waals surface area contributed by atoms with Crippen molar-refractivity contribution in [1.29, 1.82) is 0 Å². The molecular formula is C16H11ClF2N2O. The largest absolute Gasteiger partial charge is 0.350 e. The number of carbonyl (C=O) groups is 1. The summed E-state index contributed by atoms with van der Waals surface area (Å²) in [7, 11) is 0. The van der Waals surface area contributed by atoms with E-state index >= 15 is 0 Å². The minimum Gasteiger partial charge on any atom is -0.350 e. The van der Waals surface area contributed by atoms with E-state index in [0.717, 1.165) is 28.6 Å². The minimum absolute atomic E-state index is 0.181. The number of aryl methyl sites for hydroxylation is 1. The second kappa shape index (κ2) is 5.42. The summed E-state index contributed by atoms with van der Waals surface area (Å²) < 4.78 is 26.1. The van der Waals surface area contributed by atoms with Gasteiger partial charge in [-0.1, -0.05) is 17.7 Å². The molecule has 6 heteroatoms. The first kappa shape index (κ1) is 14.5. The van der Waals surface area contributed by atoms with E-state index in [2.05, 4.69) is 10.3 Å². The third-order valence-electron chi connectivity index (χ3n) is 3.42. The van der Waals surface area contributed by atoms with Gasteiger partial charge in [-0.2, -0.15) is 0 Å². The van der Waals surface area contributed by atoms with E-state index in [-0.39, 0.29) is 5.69 Å². The molecule has 0 unspecified atom stereocenters. The molecule has 3 nitrogen and oxygen atoms in total. The number of halogens is 3. The van der Waals surface area contributed by atoms with E-state index in [1.807, 2.05) is 6.07 Å². The van der Waals surface area contributed by atoms with Crippen LogP contribution in [0.3, 0.4) is 0 Å². The molecule has 22 heavy (non-hydrogen) atoms. The lowest BCUT2D eigenvalue weighted by Crippen LogP contribution is -2.13. The zero-order chi connectivity index (χ0) is 15.9. The molecule has 1 heterocycles. The van der Waals surface area contributed by atoms with E-state index in [9.17, 15) is 13.6 Å². The molecule has 0 radical (unpaired) electrons. The predicted octanol–water partition coefficient (Wildman–Crippen LogP) is 4.66. The van der Waals surface area contributed by atoms with Crippen molar-refractivity contribution in [2.75, 3.05) is 5.32 Å². The average Bonchev–Trinajstić information content (AvgIpc) is 2.79. The van der Waals surface area contributed by atoms with Crippen LogP contribution in [0.2, 0.25) is 5.02 Å². The number of rotatable bonds is 2. The first-order valence-electron chi connectivity index (χ1n) is 6.50. The van der Waals surface area contributed by atoms with Crippen LogP contribution >= 0.6 is 11.6 Å². The molecule has 3 aromatic rings. The first-order chi connectivity index (χ1) is 10.5. The summed E-state index contributed by atoms with van der Waals surface area (Å²) in [6.45, 7) is 1.80. The number of amides is 1. The third-order valence-corrected chi connectivity index (χ3v) is 3.66. The minimum atomic E-state index is -1.02. The summed E-state index contributed by atoms with van der Waals surface area (Å²) in [6.07, 6.45) is 0. The quantitative estimate of drug-likeness (QED) is 0.708. The summed E-state index contributed by atoms with van der Waals surface area (Å²) in [6, 6.07) is 8.47. The zero-order valence-corrected chi connectivity index (χ0v) is 12.3. The van der Waals surface area contributed by atoms with Crippen molar-refractivity contribution < 1.29 is 13.6 Å². The molecule has 0 saturated heterocycles. The highest BCUT2D eigenvalue weighted by atomic mass is 35.5. The van der Waals surface area contributed by atoms with Crippen LogP contribution in [0, 0.1) is 18.6 Å². The maximum absolute atomic E-state index is 13.2. The van der Waals surface area contributed by atoms with Crippen molar-refractivity contribution in [2.24, 2.45) is 0 Å². The van der Waals surface area contributed by atoms with Gasteiger partial charge >= 0.3 is 0 Å². The van der Waals surface area contributed by atoms with Gasteiger partial charge < -0.3 is 10.3 Å². The average molecular weight is 321 g/mol. The molecule has 0 bridgehead atoms. The van der Waals surface area contributed by atoms with Crippen molar-refractivity contribution in [3.05, 3.63) is 64.3 Å². The summed E-state index contributed by atoms with van der Waals surface area (Å²) in [4.78, 5) is 15.3. The SMILES string of the molecule is Cc1c(C(=O)Nc2ccc(F)c(F)c2)[nH]c2cc(Cl)ccc12. The number of fused-ring (bicyclic) bond motifs is 1. The van der Waals surface area contributed by atoms with Crippen molar-refractivity contribution in [2.45, 2.75) is 6.92 Å². The Balaban J connectivity index is 1.94. The Kier molecular flexibility index (Phi) is 3.58. The summed E-state index contributed by atoms with van der Waals surface area (Å²) in [5.41, 5.74) is 2.02. The monoisotopic (exact) mass is 320 g/mol. The maximum Gasteiger partial charge on any atom is 0.272 e. The van der Waals surface area contributed by atoms with Crippen LogP contribution in [0.5, 0.6) is 0 Å². The number of aromatic amines is 1. The molecule has 3 rings (SSSR count). The van der Waals surface area contributed by atoms with Crippen molar-refractivity contribution in [3.63, 3.8) is 0 Å². The molecular weight excluding hydrogens is 310 g/mol. The first-order valence-corrected chi connectivity index (χ1v) is 6.88. The molecule has 0 atom stereocenters. The Bertz CT molecular complexity index is 889. The molecule has 0 aliphatic heterocycles. The molecule has 1 amide bonds. The Morgan fingerprint density at radius 3 is 2.64 bits per heavy atom. The molecule has 0 saturated carbocycles. The van der Waals surface area contributed by atoms with Crippen LogP contribution in [0.25, 0.3) is 10.9 Å². The van der Waals surface area contributed by atoms with Gasteiger partial charge in [0.25, 0.3) is 5.91 Å². The number of benzene rings is 2. The van der Waals surface area contributed by atoms with Crippen LogP contribution in [0.4, 0.5) is 14.5 Å². The number of aromatic nitrogens is 1. The van der Waals surface area contributed by atoms with Gasteiger partial charge in [0.05, 0.1) is 0 Å². The fourth-order valence-corrected chi connectivity index (χ4v) is 2.48. The van der Waals surface area contributed by atoms with Gasteiger partial charge in [0.2, 0.25) is 0 Å². The molecule has 0 fully saturated rings. The fraction of sp³-hybridized carbons (Fsp3) is 0.0625. The molecule has 0 spiro atoms. The molecule has 112 valence electrons. The second-order valence-electron chi connectivity index (χ2n) is 4.90. The van der Waals surface area contributed by atoms with Gasteiger partial charge in [-0.05, 0) is 36.8 Å². The number of hydrogen-bond donors (Lipinski definition) is 2. The molecule has 0 aliphatic carbocycles. The Morgan fingerprint density at radius 2 is 1.91 bits per heavy atom. The van der Waals surface area contributed by atoms with Gasteiger partial charge in [0, 0.05) is 27.7 Å². The zero-order valence-electron chi connectivity index (χ0n) is 11.5. The number of nitrogens with one attached hydrogen (secondary N) is 2. The van der Waals surface area contributed by atoms with Crippen LogP contribution < -0.4 is 5.32 Å². The van der Waals surface area contributed by atoms with E-state index in [1.54, 1.807) is 19.1 Å². The van der Waals surface area contributed by atoms with Crippen LogP contribution in [-0.4, -0.2) is 10.9 Å². The summed E-state index contributed by atoms with van der Waals surface area (Å²) in [5.74, 6) is -2.41. The van der Waals surface area contributed by atoms with Gasteiger partial charge in [-0.15, -0.1) is 0 Å². The maximum atomic E-state index is 13.2. The van der Waals surface area contributed by atoms with E-state index < -0.39 is 17.5 Å². The second-order valence-corrected chi connectivity index (χ2v) is 5.33. The van der Waals surface area contributed by atoms with Gasteiger partial charge in [0.15, 0.2) is 11.6 Å². The van der Waals surface area contributed by atoms with Crippen molar-refractivity contribution >= 4 is 34.1 Å². The van der Waals surface area contributed by atoms with Crippen molar-refractivity contribution in [3.8, 4) is 0 Å². The van der Waals surface area contributed by atoms with Crippen LogP contribution in [0.1, 0.15) is 16.1 Å². The van der Waals surface area contributed by atoms with Crippen LogP contribution in [0.15, 0.2) is 36.4 Å². The number of H-pyrrole nitrogens is 1. The smallest absolute Gasteiger partial charge is 0.272 e. The standard InChI is InChI=1S/C16H11ClF2N2O/c1-8-11-4-2-9(17)6-14(11)21-15(8)16(22)20-10-3-5-12(18)13(19)7-10/h2-7,21H,1H3,(H,20,22). The highest BCUT2D eigenvalue weighted by Crippen LogP contribution is 2.25. The molecule has 1 aromatic heterocycles. The fourth-order valence-electron chi connectivity index (χ4n) is 2.30. The van der Waals surface area contributed by atoms with Gasteiger partial charge in [-0.25, -0.2) is 8.78 Å². The number of carbonyl (C=O) groups excluding carboxylic acids is 1. The lowest BCUT2D eigenvalue weighted by molar-refractivity contribution is 0.102. The highest BCUT2D eigenvalue weighted by Gasteiger charge is 2.15. The van der Waals surface area contributed by atoms with Gasteiger partial charge in [0.1, 0.15) is 5.69 Å². The van der Waals surface area contributed by atoms with Crippen LogP contribution in [-0.2, 0) is 0 Å². The normalized spacial score (nSPS) is 10.9. The lowest BCUT2D eigenvalue weighted by Gasteiger charge is -2.05. The Hall–Kier alpha value is -2.40. The number of anilines is 1. The number of hydrogen-bond acceptors (Lipinski definition) is 1. The van der Waals surface area contributed by atoms with E-state index in [1.165, 1.54) is 6.07 Å². The van der Waals surface area contributed by atoms with Gasteiger partial charge in [-0.3, -0.25) is 4.79 Å². The topological polar surface area (TPSA) is 44.9 Å².